The number of nitrogens with zero attached hydrogens (tertiary/aromatic N) is 2. The summed E-state index contributed by atoms with van der Waals surface area (Å²) in [6, 6.07) is 10.1. The molecule has 0 bridgehead atoms. The van der Waals surface area contributed by atoms with E-state index in [1.54, 1.807) is 11.8 Å². The van der Waals surface area contributed by atoms with E-state index >= 15 is 0 Å². The number of rotatable bonds is 3. The van der Waals surface area contributed by atoms with Crippen molar-refractivity contribution in [3.63, 3.8) is 0 Å². The third-order valence-corrected chi connectivity index (χ3v) is 3.66. The quantitative estimate of drug-likeness (QED) is 0.855. The number of benzene rings is 1. The molecule has 0 aliphatic rings. The molecule has 0 unspecified atom stereocenters. The van der Waals surface area contributed by atoms with Gasteiger partial charge in [-0.2, -0.15) is 0 Å². The van der Waals surface area contributed by atoms with E-state index in [0.29, 0.717) is 5.82 Å². The summed E-state index contributed by atoms with van der Waals surface area (Å²) in [5.41, 5.74) is 7.07. The number of nitrogens with two attached hydrogens (primary N) is 1. The van der Waals surface area contributed by atoms with Crippen LogP contribution in [0.2, 0.25) is 0 Å². The van der Waals surface area contributed by atoms with Crippen molar-refractivity contribution in [2.45, 2.75) is 36.6 Å². The fourth-order valence-corrected chi connectivity index (χ4v) is 2.48. The normalized spacial score (nSPS) is 10.9. The number of anilines is 1. The summed E-state index contributed by atoms with van der Waals surface area (Å²) in [6.45, 7) is 6.23. The Balaban J connectivity index is 2.32. The first-order valence-electron chi connectivity index (χ1n) is 5.94. The van der Waals surface area contributed by atoms with Gasteiger partial charge < -0.3 is 5.73 Å². The third kappa shape index (κ3) is 3.01. The standard InChI is InChI=1S/C14H17N3S/c1-9(2)14-16-12(15)8-13(17-14)18-11-7-5-4-6-10(11)3/h4-9H,1-3H3,(H2,15,16,17). The molecule has 0 radical (unpaired) electrons. The van der Waals surface area contributed by atoms with Crippen molar-refractivity contribution in [3.05, 3.63) is 41.7 Å². The van der Waals surface area contributed by atoms with Gasteiger partial charge in [0.1, 0.15) is 16.7 Å². The topological polar surface area (TPSA) is 51.8 Å². The van der Waals surface area contributed by atoms with Crippen molar-refractivity contribution in [2.75, 3.05) is 5.73 Å². The average Bonchev–Trinajstić information content (AvgIpc) is 2.31. The number of aromatic nitrogens is 2. The lowest BCUT2D eigenvalue weighted by atomic mass is 10.2. The Morgan fingerprint density at radius 1 is 1.17 bits per heavy atom. The van der Waals surface area contributed by atoms with Gasteiger partial charge >= 0.3 is 0 Å². The number of hydrogen-bond acceptors (Lipinski definition) is 4. The van der Waals surface area contributed by atoms with Gasteiger partial charge in [-0.25, -0.2) is 9.97 Å². The Bertz CT molecular complexity index is 552. The molecule has 0 aliphatic heterocycles. The van der Waals surface area contributed by atoms with Crippen LogP contribution in [-0.2, 0) is 0 Å². The molecule has 18 heavy (non-hydrogen) atoms. The Morgan fingerprint density at radius 3 is 2.56 bits per heavy atom. The highest BCUT2D eigenvalue weighted by Gasteiger charge is 2.08. The fraction of sp³-hybridized carbons (Fsp3) is 0.286. The minimum absolute atomic E-state index is 0.282. The average molecular weight is 259 g/mol. The molecule has 0 fully saturated rings. The summed E-state index contributed by atoms with van der Waals surface area (Å²) in [7, 11) is 0. The maximum atomic E-state index is 5.82. The van der Waals surface area contributed by atoms with Crippen molar-refractivity contribution in [2.24, 2.45) is 0 Å². The number of hydrogen-bond donors (Lipinski definition) is 1. The van der Waals surface area contributed by atoms with Gasteiger partial charge in [0.25, 0.3) is 0 Å². The van der Waals surface area contributed by atoms with Crippen LogP contribution < -0.4 is 5.73 Å². The lowest BCUT2D eigenvalue weighted by Gasteiger charge is -2.09. The second-order valence-electron chi connectivity index (χ2n) is 4.51. The first kappa shape index (κ1) is 12.9. The SMILES string of the molecule is Cc1ccccc1Sc1cc(N)nc(C(C)C)n1. The van der Waals surface area contributed by atoms with Gasteiger partial charge in [-0.3, -0.25) is 0 Å². The van der Waals surface area contributed by atoms with E-state index in [1.165, 1.54) is 10.5 Å². The van der Waals surface area contributed by atoms with Crippen LogP contribution >= 0.6 is 11.8 Å². The highest BCUT2D eigenvalue weighted by molar-refractivity contribution is 7.99. The van der Waals surface area contributed by atoms with Gasteiger partial charge in [0, 0.05) is 16.9 Å². The van der Waals surface area contributed by atoms with Gasteiger partial charge in [0.15, 0.2) is 0 Å². The van der Waals surface area contributed by atoms with Crippen LogP contribution in [0.15, 0.2) is 40.3 Å². The fourth-order valence-electron chi connectivity index (χ4n) is 1.56. The minimum atomic E-state index is 0.282. The molecular weight excluding hydrogens is 242 g/mol. The van der Waals surface area contributed by atoms with Crippen LogP contribution in [0.25, 0.3) is 0 Å². The highest BCUT2D eigenvalue weighted by Crippen LogP contribution is 2.30. The van der Waals surface area contributed by atoms with Gasteiger partial charge in [-0.1, -0.05) is 43.8 Å². The maximum Gasteiger partial charge on any atom is 0.134 e. The Labute approximate surface area is 112 Å². The van der Waals surface area contributed by atoms with Gasteiger partial charge in [-0.05, 0) is 18.6 Å². The predicted molar refractivity (Wildman–Crippen MR) is 75.8 cm³/mol. The molecule has 0 amide bonds. The van der Waals surface area contributed by atoms with Crippen molar-refractivity contribution < 1.29 is 0 Å². The minimum Gasteiger partial charge on any atom is -0.384 e. The number of aryl methyl sites for hydroxylation is 1. The molecule has 1 aromatic heterocycles. The molecule has 0 spiro atoms. The lowest BCUT2D eigenvalue weighted by molar-refractivity contribution is 0.756. The van der Waals surface area contributed by atoms with Crippen LogP contribution in [0.1, 0.15) is 31.2 Å². The highest BCUT2D eigenvalue weighted by atomic mass is 32.2. The zero-order chi connectivity index (χ0) is 13.1. The molecule has 0 saturated heterocycles. The van der Waals surface area contributed by atoms with Crippen LogP contribution in [0.4, 0.5) is 5.82 Å². The molecule has 1 heterocycles. The second-order valence-corrected chi connectivity index (χ2v) is 5.57. The molecule has 3 nitrogen and oxygen atoms in total. The van der Waals surface area contributed by atoms with E-state index in [0.717, 1.165) is 10.9 Å². The molecular formula is C14H17N3S. The summed E-state index contributed by atoms with van der Waals surface area (Å²) >= 11 is 1.63. The second kappa shape index (κ2) is 5.40. The summed E-state index contributed by atoms with van der Waals surface area (Å²) < 4.78 is 0. The Morgan fingerprint density at radius 2 is 1.89 bits per heavy atom. The van der Waals surface area contributed by atoms with E-state index < -0.39 is 0 Å². The van der Waals surface area contributed by atoms with E-state index in [2.05, 4.69) is 42.9 Å². The van der Waals surface area contributed by atoms with Crippen molar-refractivity contribution in [1.82, 2.24) is 9.97 Å². The molecule has 2 aromatic rings. The van der Waals surface area contributed by atoms with E-state index in [9.17, 15) is 0 Å². The molecule has 0 saturated carbocycles. The van der Waals surface area contributed by atoms with Crippen LogP contribution in [0.5, 0.6) is 0 Å². The molecule has 0 aliphatic carbocycles. The van der Waals surface area contributed by atoms with Gasteiger partial charge in [0.05, 0.1) is 0 Å². The van der Waals surface area contributed by atoms with Crippen LogP contribution in [-0.4, -0.2) is 9.97 Å². The molecule has 0 atom stereocenters. The Kier molecular flexibility index (Phi) is 3.87. The van der Waals surface area contributed by atoms with Gasteiger partial charge in [0.2, 0.25) is 0 Å². The van der Waals surface area contributed by atoms with E-state index in [4.69, 9.17) is 5.73 Å². The molecule has 2 rings (SSSR count). The first-order valence-corrected chi connectivity index (χ1v) is 6.76. The summed E-state index contributed by atoms with van der Waals surface area (Å²) in [5, 5.41) is 0.903. The lowest BCUT2D eigenvalue weighted by Crippen LogP contribution is -2.02. The molecule has 4 heteroatoms. The smallest absolute Gasteiger partial charge is 0.134 e. The first-order chi connectivity index (χ1) is 8.56. The zero-order valence-corrected chi connectivity index (χ0v) is 11.7. The van der Waals surface area contributed by atoms with Crippen LogP contribution in [0.3, 0.4) is 0 Å². The van der Waals surface area contributed by atoms with Crippen molar-refractivity contribution in [1.29, 1.82) is 0 Å². The van der Waals surface area contributed by atoms with Gasteiger partial charge in [-0.15, -0.1) is 0 Å². The zero-order valence-electron chi connectivity index (χ0n) is 10.8. The predicted octanol–water partition coefficient (Wildman–Crippen LogP) is 3.64. The van der Waals surface area contributed by atoms with Crippen LogP contribution in [0, 0.1) is 6.92 Å². The summed E-state index contributed by atoms with van der Waals surface area (Å²) in [5.74, 6) is 1.61. The number of nitrogen functional groups attached to an aromatic ring is 1. The van der Waals surface area contributed by atoms with Crippen molar-refractivity contribution >= 4 is 17.6 Å². The van der Waals surface area contributed by atoms with E-state index in [1.807, 2.05) is 18.2 Å². The maximum absolute atomic E-state index is 5.82. The summed E-state index contributed by atoms with van der Waals surface area (Å²) in [6.07, 6.45) is 0. The monoisotopic (exact) mass is 259 g/mol. The third-order valence-electron chi connectivity index (χ3n) is 2.56. The molecule has 1 aromatic carbocycles. The summed E-state index contributed by atoms with van der Waals surface area (Å²) in [4.78, 5) is 9.99. The molecule has 94 valence electrons. The largest absolute Gasteiger partial charge is 0.384 e. The van der Waals surface area contributed by atoms with Crippen molar-refractivity contribution in [3.8, 4) is 0 Å². The van der Waals surface area contributed by atoms with E-state index in [-0.39, 0.29) is 5.92 Å². The Hall–Kier alpha value is -1.55. The molecule has 2 N–H and O–H groups in total.